The molecular formula is C24H21ClO5S. The molecule has 0 radical (unpaired) electrons. The summed E-state index contributed by atoms with van der Waals surface area (Å²) in [6, 6.07) is 17.8. The number of benzene rings is 3. The van der Waals surface area contributed by atoms with Crippen LogP contribution in [0.15, 0.2) is 71.6 Å². The lowest BCUT2D eigenvalue weighted by Gasteiger charge is -2.18. The number of esters is 1. The Morgan fingerprint density at radius 3 is 1.97 bits per heavy atom. The maximum atomic E-state index is 13.2. The van der Waals surface area contributed by atoms with Crippen molar-refractivity contribution in [3.63, 3.8) is 0 Å². The maximum Gasteiger partial charge on any atom is 0.340 e. The zero-order valence-corrected chi connectivity index (χ0v) is 18.8. The normalized spacial score (nSPS) is 12.3. The molecule has 1 atom stereocenters. The van der Waals surface area contributed by atoms with Gasteiger partial charge in [-0.1, -0.05) is 71.3 Å². The number of rotatable bonds is 6. The first kappa shape index (κ1) is 22.7. The van der Waals surface area contributed by atoms with Crippen LogP contribution in [-0.4, -0.2) is 26.4 Å². The molecule has 0 aliphatic heterocycles. The third kappa shape index (κ3) is 5.40. The van der Waals surface area contributed by atoms with Gasteiger partial charge in [0, 0.05) is 17.4 Å². The van der Waals surface area contributed by atoms with E-state index in [2.05, 4.69) is 0 Å². The van der Waals surface area contributed by atoms with Gasteiger partial charge in [-0.3, -0.25) is 4.79 Å². The summed E-state index contributed by atoms with van der Waals surface area (Å²) in [5, 5.41) is 0.0304. The first-order chi connectivity index (χ1) is 14.6. The topological polar surface area (TPSA) is 77.5 Å². The molecule has 0 bridgehead atoms. The second-order valence-corrected chi connectivity index (χ2v) is 9.76. The van der Waals surface area contributed by atoms with Crippen molar-refractivity contribution in [1.82, 2.24) is 0 Å². The first-order valence-corrected chi connectivity index (χ1v) is 11.7. The van der Waals surface area contributed by atoms with Gasteiger partial charge in [0.25, 0.3) is 0 Å². The highest BCUT2D eigenvalue weighted by Crippen LogP contribution is 2.28. The number of aryl methyl sites for hydroxylation is 2. The number of halogens is 1. The number of carbonyl (C=O) groups excluding carboxylic acids is 2. The predicted molar refractivity (Wildman–Crippen MR) is 119 cm³/mol. The van der Waals surface area contributed by atoms with Gasteiger partial charge in [-0.05, 0) is 32.0 Å². The van der Waals surface area contributed by atoms with Crippen LogP contribution < -0.4 is 0 Å². The van der Waals surface area contributed by atoms with Crippen molar-refractivity contribution in [2.75, 3.05) is 6.26 Å². The molecule has 0 amide bonds. The summed E-state index contributed by atoms with van der Waals surface area (Å²) >= 11 is 6.12. The lowest BCUT2D eigenvalue weighted by molar-refractivity contribution is 0.0280. The Morgan fingerprint density at radius 1 is 0.871 bits per heavy atom. The molecule has 0 aliphatic rings. The largest absolute Gasteiger partial charge is 0.445 e. The molecule has 3 rings (SSSR count). The molecule has 0 N–H and O–H groups in total. The van der Waals surface area contributed by atoms with Crippen molar-refractivity contribution in [3.05, 3.63) is 99.6 Å². The zero-order chi connectivity index (χ0) is 22.8. The lowest BCUT2D eigenvalue weighted by atomic mass is 9.98. The first-order valence-electron chi connectivity index (χ1n) is 9.44. The summed E-state index contributed by atoms with van der Waals surface area (Å²) in [5.74, 6) is -1.28. The highest BCUT2D eigenvalue weighted by molar-refractivity contribution is 7.90. The van der Waals surface area contributed by atoms with Crippen molar-refractivity contribution in [3.8, 4) is 0 Å². The fraction of sp³-hybridized carbons (Fsp3) is 0.167. The fourth-order valence-corrected chi connectivity index (χ4v) is 3.79. The summed E-state index contributed by atoms with van der Waals surface area (Å²) in [6.07, 6.45) is -0.185. The molecule has 3 aromatic rings. The molecule has 0 saturated carbocycles. The van der Waals surface area contributed by atoms with Crippen LogP contribution >= 0.6 is 11.6 Å². The van der Waals surface area contributed by atoms with E-state index in [0.29, 0.717) is 11.1 Å². The molecule has 0 fully saturated rings. The average Bonchev–Trinajstić information content (AvgIpc) is 2.72. The predicted octanol–water partition coefficient (Wildman–Crippen LogP) is 5.14. The number of hydrogen-bond donors (Lipinski definition) is 0. The Bertz CT molecular complexity index is 1230. The van der Waals surface area contributed by atoms with E-state index in [-0.39, 0.29) is 15.5 Å². The second kappa shape index (κ2) is 9.04. The monoisotopic (exact) mass is 456 g/mol. The third-order valence-electron chi connectivity index (χ3n) is 4.77. The van der Waals surface area contributed by atoms with Crippen molar-refractivity contribution >= 4 is 33.2 Å². The van der Waals surface area contributed by atoms with Gasteiger partial charge >= 0.3 is 5.97 Å². The zero-order valence-electron chi connectivity index (χ0n) is 17.3. The van der Waals surface area contributed by atoms with Crippen molar-refractivity contribution < 1.29 is 22.7 Å². The summed E-state index contributed by atoms with van der Waals surface area (Å²) in [6.45, 7) is 3.81. The van der Waals surface area contributed by atoms with Crippen LogP contribution in [0.25, 0.3) is 0 Å². The molecule has 3 aromatic carbocycles. The molecular weight excluding hydrogens is 436 g/mol. The molecule has 0 heterocycles. The quantitative estimate of drug-likeness (QED) is 0.379. The minimum atomic E-state index is -3.56. The fourth-order valence-electron chi connectivity index (χ4n) is 2.95. The maximum absolute atomic E-state index is 13.2. The van der Waals surface area contributed by atoms with Gasteiger partial charge in [-0.15, -0.1) is 0 Å². The minimum absolute atomic E-state index is 0.0304. The van der Waals surface area contributed by atoms with Crippen LogP contribution in [0.2, 0.25) is 5.02 Å². The van der Waals surface area contributed by atoms with Gasteiger partial charge in [-0.25, -0.2) is 13.2 Å². The van der Waals surface area contributed by atoms with E-state index in [1.54, 1.807) is 36.4 Å². The SMILES string of the molecule is Cc1ccc(C(=O)[C@@H](OC(=O)c2cc(S(C)(=O)=O)ccc2Cl)c2ccc(C)cc2)cc1. The van der Waals surface area contributed by atoms with Crippen molar-refractivity contribution in [1.29, 1.82) is 0 Å². The standard InChI is InChI=1S/C24H21ClO5S/c1-15-4-8-17(9-5-15)22(26)23(18-10-6-16(2)7-11-18)30-24(27)20-14-19(31(3,28)29)12-13-21(20)25/h4-14,23H,1-3H3/t23-/m0/s1. The van der Waals surface area contributed by atoms with E-state index in [9.17, 15) is 18.0 Å². The summed E-state index contributed by atoms with van der Waals surface area (Å²) in [7, 11) is -3.56. The average molecular weight is 457 g/mol. The van der Waals surface area contributed by atoms with E-state index in [0.717, 1.165) is 23.4 Å². The number of ketones is 1. The van der Waals surface area contributed by atoms with Gasteiger partial charge in [-0.2, -0.15) is 0 Å². The van der Waals surface area contributed by atoms with Crippen LogP contribution in [-0.2, 0) is 14.6 Å². The molecule has 0 spiro atoms. The smallest absolute Gasteiger partial charge is 0.340 e. The molecule has 0 aliphatic carbocycles. The molecule has 160 valence electrons. The number of hydrogen-bond acceptors (Lipinski definition) is 5. The molecule has 31 heavy (non-hydrogen) atoms. The third-order valence-corrected chi connectivity index (χ3v) is 6.20. The van der Waals surface area contributed by atoms with Gasteiger partial charge < -0.3 is 4.74 Å². The Balaban J connectivity index is 2.01. The minimum Gasteiger partial charge on any atom is -0.445 e. The Morgan fingerprint density at radius 2 is 1.42 bits per heavy atom. The molecule has 0 unspecified atom stereocenters. The van der Waals surface area contributed by atoms with Gasteiger partial charge in [0.1, 0.15) is 0 Å². The number of ether oxygens (including phenoxy) is 1. The Labute approximate surface area is 186 Å². The van der Waals surface area contributed by atoms with Crippen LogP contribution in [0.5, 0.6) is 0 Å². The summed E-state index contributed by atoms with van der Waals surface area (Å²) < 4.78 is 29.3. The molecule has 5 nitrogen and oxygen atoms in total. The highest BCUT2D eigenvalue weighted by atomic mass is 35.5. The van der Waals surface area contributed by atoms with Gasteiger partial charge in [0.15, 0.2) is 15.9 Å². The van der Waals surface area contributed by atoms with Crippen LogP contribution in [0.3, 0.4) is 0 Å². The number of Topliss-reactive ketones (excluding diaryl/α,β-unsaturated/α-hetero) is 1. The Kier molecular flexibility index (Phi) is 6.62. The molecule has 7 heteroatoms. The van der Waals surface area contributed by atoms with E-state index in [4.69, 9.17) is 16.3 Å². The number of sulfone groups is 1. The van der Waals surface area contributed by atoms with Crippen molar-refractivity contribution in [2.45, 2.75) is 24.8 Å². The Hall–Kier alpha value is -2.96. The molecule has 0 aromatic heterocycles. The second-order valence-electron chi connectivity index (χ2n) is 7.34. The van der Waals surface area contributed by atoms with E-state index < -0.39 is 27.7 Å². The summed E-state index contributed by atoms with van der Waals surface area (Å²) in [5.41, 5.74) is 2.74. The summed E-state index contributed by atoms with van der Waals surface area (Å²) in [4.78, 5) is 26.1. The lowest BCUT2D eigenvalue weighted by Crippen LogP contribution is -2.21. The van der Waals surface area contributed by atoms with Gasteiger partial charge in [0.05, 0.1) is 15.5 Å². The van der Waals surface area contributed by atoms with Crippen molar-refractivity contribution in [2.24, 2.45) is 0 Å². The van der Waals surface area contributed by atoms with Gasteiger partial charge in [0.2, 0.25) is 5.78 Å². The highest BCUT2D eigenvalue weighted by Gasteiger charge is 2.28. The van der Waals surface area contributed by atoms with E-state index in [1.165, 1.54) is 12.1 Å². The van der Waals surface area contributed by atoms with Crippen LogP contribution in [0.4, 0.5) is 0 Å². The number of carbonyl (C=O) groups is 2. The van der Waals surface area contributed by atoms with Crippen LogP contribution in [0.1, 0.15) is 43.5 Å². The molecule has 0 saturated heterocycles. The van der Waals surface area contributed by atoms with Crippen LogP contribution in [0, 0.1) is 13.8 Å². The van der Waals surface area contributed by atoms with E-state index >= 15 is 0 Å². The van der Waals surface area contributed by atoms with E-state index in [1.807, 2.05) is 26.0 Å².